The first-order valence-corrected chi connectivity index (χ1v) is 6.25. The monoisotopic (exact) mass is 231 g/mol. The maximum atomic E-state index is 12.0. The van der Waals surface area contributed by atoms with Gasteiger partial charge in [0.05, 0.1) is 5.38 Å². The molecule has 86 valence electrons. The molecule has 3 nitrogen and oxygen atoms in total. The van der Waals surface area contributed by atoms with Crippen molar-refractivity contribution in [3.8, 4) is 0 Å². The zero-order valence-electron chi connectivity index (χ0n) is 8.95. The van der Waals surface area contributed by atoms with Crippen LogP contribution in [-0.2, 0) is 9.53 Å². The van der Waals surface area contributed by atoms with Crippen molar-refractivity contribution in [2.24, 2.45) is 0 Å². The number of piperidine rings is 1. The number of ether oxygens (including phenoxy) is 1. The molecule has 0 aromatic rings. The van der Waals surface area contributed by atoms with Crippen molar-refractivity contribution in [1.82, 2.24) is 4.90 Å². The maximum absolute atomic E-state index is 12.0. The van der Waals surface area contributed by atoms with Crippen LogP contribution in [0.15, 0.2) is 0 Å². The second-order valence-electron chi connectivity index (χ2n) is 4.38. The topological polar surface area (TPSA) is 29.5 Å². The van der Waals surface area contributed by atoms with E-state index in [2.05, 4.69) is 0 Å². The fourth-order valence-corrected chi connectivity index (χ4v) is 2.59. The third kappa shape index (κ3) is 2.85. The number of halogens is 1. The Hall–Kier alpha value is -0.280. The quantitative estimate of drug-likeness (QED) is 0.644. The lowest BCUT2D eigenvalue weighted by Crippen LogP contribution is -2.46. The second kappa shape index (κ2) is 5.17. The summed E-state index contributed by atoms with van der Waals surface area (Å²) >= 11 is 6.06. The van der Waals surface area contributed by atoms with Crippen molar-refractivity contribution < 1.29 is 9.53 Å². The van der Waals surface area contributed by atoms with Gasteiger partial charge >= 0.3 is 0 Å². The SMILES string of the molecule is O=C(C1CCCCO1)N1CCCC(Cl)C1. The van der Waals surface area contributed by atoms with Crippen LogP contribution in [0.5, 0.6) is 0 Å². The first-order valence-electron chi connectivity index (χ1n) is 5.82. The van der Waals surface area contributed by atoms with Gasteiger partial charge in [-0.15, -0.1) is 11.6 Å². The molecule has 4 heteroatoms. The zero-order valence-corrected chi connectivity index (χ0v) is 9.71. The van der Waals surface area contributed by atoms with Gasteiger partial charge < -0.3 is 9.64 Å². The van der Waals surface area contributed by atoms with Gasteiger partial charge in [-0.05, 0) is 32.1 Å². The Bertz CT molecular complexity index is 229. The number of nitrogens with zero attached hydrogens (tertiary/aromatic N) is 1. The second-order valence-corrected chi connectivity index (χ2v) is 5.00. The normalized spacial score (nSPS) is 32.7. The smallest absolute Gasteiger partial charge is 0.251 e. The molecule has 1 amide bonds. The minimum atomic E-state index is -0.194. The van der Waals surface area contributed by atoms with Gasteiger partial charge in [-0.2, -0.15) is 0 Å². The lowest BCUT2D eigenvalue weighted by atomic mass is 10.1. The summed E-state index contributed by atoms with van der Waals surface area (Å²) in [6, 6.07) is 0. The summed E-state index contributed by atoms with van der Waals surface area (Å²) < 4.78 is 5.49. The Morgan fingerprint density at radius 3 is 2.80 bits per heavy atom. The van der Waals surface area contributed by atoms with Gasteiger partial charge in [0, 0.05) is 19.7 Å². The predicted octanol–water partition coefficient (Wildman–Crippen LogP) is 1.79. The van der Waals surface area contributed by atoms with E-state index in [0.717, 1.165) is 45.3 Å². The lowest BCUT2D eigenvalue weighted by Gasteiger charge is -2.33. The van der Waals surface area contributed by atoms with Crippen molar-refractivity contribution in [2.75, 3.05) is 19.7 Å². The first-order chi connectivity index (χ1) is 7.27. The minimum Gasteiger partial charge on any atom is -0.368 e. The van der Waals surface area contributed by atoms with E-state index in [1.165, 1.54) is 0 Å². The number of amides is 1. The van der Waals surface area contributed by atoms with Crippen molar-refractivity contribution in [1.29, 1.82) is 0 Å². The van der Waals surface area contributed by atoms with E-state index in [1.54, 1.807) is 0 Å². The van der Waals surface area contributed by atoms with Crippen LogP contribution in [0.25, 0.3) is 0 Å². The minimum absolute atomic E-state index is 0.131. The molecule has 0 spiro atoms. The largest absolute Gasteiger partial charge is 0.368 e. The van der Waals surface area contributed by atoms with Crippen molar-refractivity contribution in [3.63, 3.8) is 0 Å². The van der Waals surface area contributed by atoms with Gasteiger partial charge in [-0.1, -0.05) is 0 Å². The lowest BCUT2D eigenvalue weighted by molar-refractivity contribution is -0.147. The Morgan fingerprint density at radius 2 is 2.13 bits per heavy atom. The molecule has 0 bridgehead atoms. The zero-order chi connectivity index (χ0) is 10.7. The molecule has 2 saturated heterocycles. The van der Waals surface area contributed by atoms with Crippen molar-refractivity contribution in [3.05, 3.63) is 0 Å². The van der Waals surface area contributed by atoms with E-state index in [9.17, 15) is 4.79 Å². The maximum Gasteiger partial charge on any atom is 0.251 e. The number of alkyl halides is 1. The predicted molar refractivity (Wildman–Crippen MR) is 59.0 cm³/mol. The number of hydrogen-bond acceptors (Lipinski definition) is 2. The Kier molecular flexibility index (Phi) is 3.87. The highest BCUT2D eigenvalue weighted by Crippen LogP contribution is 2.20. The van der Waals surface area contributed by atoms with Crippen LogP contribution in [0.1, 0.15) is 32.1 Å². The third-order valence-electron chi connectivity index (χ3n) is 3.13. The number of hydrogen-bond donors (Lipinski definition) is 0. The van der Waals surface area contributed by atoms with E-state index in [0.29, 0.717) is 6.54 Å². The molecule has 2 atom stereocenters. The molecule has 2 aliphatic rings. The van der Waals surface area contributed by atoms with E-state index in [1.807, 2.05) is 4.90 Å². The van der Waals surface area contributed by atoms with Gasteiger partial charge in [0.2, 0.25) is 0 Å². The molecule has 0 aromatic carbocycles. The first kappa shape index (κ1) is 11.2. The molecule has 2 rings (SSSR count). The highest BCUT2D eigenvalue weighted by Gasteiger charge is 2.29. The Balaban J connectivity index is 1.88. The van der Waals surface area contributed by atoms with Gasteiger partial charge in [-0.3, -0.25) is 4.79 Å². The standard InChI is InChI=1S/C11H18ClNO2/c12-9-4-3-6-13(8-9)11(14)10-5-1-2-7-15-10/h9-10H,1-8H2. The van der Waals surface area contributed by atoms with Gasteiger partial charge in [-0.25, -0.2) is 0 Å². The summed E-state index contributed by atoms with van der Waals surface area (Å²) in [4.78, 5) is 13.9. The molecule has 2 heterocycles. The highest BCUT2D eigenvalue weighted by molar-refractivity contribution is 6.20. The molecular formula is C11H18ClNO2. The number of rotatable bonds is 1. The number of carbonyl (C=O) groups excluding carboxylic acids is 1. The van der Waals surface area contributed by atoms with Gasteiger partial charge in [0.15, 0.2) is 0 Å². The van der Waals surface area contributed by atoms with E-state index in [-0.39, 0.29) is 17.4 Å². The molecule has 0 radical (unpaired) electrons. The Labute approximate surface area is 95.7 Å². The molecular weight excluding hydrogens is 214 g/mol. The van der Waals surface area contributed by atoms with Crippen LogP contribution >= 0.6 is 11.6 Å². The summed E-state index contributed by atoms with van der Waals surface area (Å²) in [7, 11) is 0. The van der Waals surface area contributed by atoms with Crippen molar-refractivity contribution >= 4 is 17.5 Å². The fraction of sp³-hybridized carbons (Fsp3) is 0.909. The van der Waals surface area contributed by atoms with Crippen LogP contribution in [-0.4, -0.2) is 42.0 Å². The van der Waals surface area contributed by atoms with Crippen LogP contribution in [0.2, 0.25) is 0 Å². The summed E-state index contributed by atoms with van der Waals surface area (Å²) in [6.07, 6.45) is 4.92. The summed E-state index contributed by atoms with van der Waals surface area (Å²) in [6.45, 7) is 2.27. The molecule has 0 aliphatic carbocycles. The van der Waals surface area contributed by atoms with Gasteiger partial charge in [0.25, 0.3) is 5.91 Å². The van der Waals surface area contributed by atoms with E-state index in [4.69, 9.17) is 16.3 Å². The molecule has 0 N–H and O–H groups in total. The molecule has 15 heavy (non-hydrogen) atoms. The molecule has 2 unspecified atom stereocenters. The number of likely N-dealkylation sites (tertiary alicyclic amines) is 1. The fourth-order valence-electron chi connectivity index (χ4n) is 2.26. The van der Waals surface area contributed by atoms with Crippen LogP contribution in [0, 0.1) is 0 Å². The van der Waals surface area contributed by atoms with Crippen LogP contribution in [0.4, 0.5) is 0 Å². The van der Waals surface area contributed by atoms with Gasteiger partial charge in [0.1, 0.15) is 6.10 Å². The van der Waals surface area contributed by atoms with Crippen molar-refractivity contribution in [2.45, 2.75) is 43.6 Å². The number of carbonyl (C=O) groups is 1. The molecule has 2 fully saturated rings. The van der Waals surface area contributed by atoms with Crippen LogP contribution in [0.3, 0.4) is 0 Å². The third-order valence-corrected chi connectivity index (χ3v) is 3.49. The average Bonchev–Trinajstić information content (AvgIpc) is 2.29. The van der Waals surface area contributed by atoms with E-state index < -0.39 is 0 Å². The van der Waals surface area contributed by atoms with Crippen LogP contribution < -0.4 is 0 Å². The molecule has 0 aromatic heterocycles. The summed E-state index contributed by atoms with van der Waals surface area (Å²) in [5.41, 5.74) is 0. The summed E-state index contributed by atoms with van der Waals surface area (Å²) in [5, 5.41) is 0.131. The Morgan fingerprint density at radius 1 is 1.27 bits per heavy atom. The molecule has 2 aliphatic heterocycles. The summed E-state index contributed by atoms with van der Waals surface area (Å²) in [5.74, 6) is 0.153. The molecule has 0 saturated carbocycles. The highest BCUT2D eigenvalue weighted by atomic mass is 35.5. The van der Waals surface area contributed by atoms with E-state index >= 15 is 0 Å². The average molecular weight is 232 g/mol.